The van der Waals surface area contributed by atoms with Gasteiger partial charge in [0.1, 0.15) is 0 Å². The Bertz CT molecular complexity index is 422. The van der Waals surface area contributed by atoms with Crippen LogP contribution in [0.1, 0.15) is 38.5 Å². The molecule has 2 atom stereocenters. The maximum absolute atomic E-state index is 12.8. The summed E-state index contributed by atoms with van der Waals surface area (Å²) in [5.74, 6) is 1.12. The highest BCUT2D eigenvalue weighted by Crippen LogP contribution is 2.37. The number of amides is 1. The molecule has 0 unspecified atom stereocenters. The molecule has 1 N–H and O–H groups in total. The number of hydrogen-bond donors (Lipinski definition) is 1. The van der Waals surface area contributed by atoms with Gasteiger partial charge in [0.25, 0.3) is 0 Å². The van der Waals surface area contributed by atoms with Crippen molar-refractivity contribution in [3.63, 3.8) is 0 Å². The quantitative estimate of drug-likeness (QED) is 0.812. The Balaban J connectivity index is 1.79. The molecular formula is C16H23F3N2O. The van der Waals surface area contributed by atoms with Crippen LogP contribution in [-0.4, -0.2) is 42.7 Å². The molecule has 1 aliphatic heterocycles. The number of terminal acetylenes is 1. The van der Waals surface area contributed by atoms with Crippen molar-refractivity contribution in [2.24, 2.45) is 11.8 Å². The fourth-order valence-corrected chi connectivity index (χ4v) is 3.42. The van der Waals surface area contributed by atoms with Crippen LogP contribution in [0, 0.1) is 24.2 Å². The zero-order valence-electron chi connectivity index (χ0n) is 12.7. The number of rotatable bonds is 3. The van der Waals surface area contributed by atoms with E-state index in [1.807, 2.05) is 0 Å². The zero-order chi connectivity index (χ0) is 16.2. The van der Waals surface area contributed by atoms with Gasteiger partial charge in [0.05, 0.1) is 12.5 Å². The van der Waals surface area contributed by atoms with Crippen molar-refractivity contribution in [2.75, 3.05) is 19.6 Å². The minimum absolute atomic E-state index is 0.0190. The fraction of sp³-hybridized carbons (Fsp3) is 0.812. The first-order valence-corrected chi connectivity index (χ1v) is 7.93. The van der Waals surface area contributed by atoms with Crippen molar-refractivity contribution < 1.29 is 18.0 Å². The van der Waals surface area contributed by atoms with Crippen LogP contribution >= 0.6 is 0 Å². The highest BCUT2D eigenvalue weighted by molar-refractivity contribution is 5.79. The summed E-state index contributed by atoms with van der Waals surface area (Å²) in [4.78, 5) is 14.4. The number of piperidine rings is 1. The van der Waals surface area contributed by atoms with Gasteiger partial charge in [-0.1, -0.05) is 12.3 Å². The zero-order valence-corrected chi connectivity index (χ0v) is 12.7. The Morgan fingerprint density at radius 3 is 2.50 bits per heavy atom. The lowest BCUT2D eigenvalue weighted by atomic mass is 9.84. The number of hydrogen-bond acceptors (Lipinski definition) is 2. The van der Waals surface area contributed by atoms with Crippen molar-refractivity contribution in [1.29, 1.82) is 0 Å². The van der Waals surface area contributed by atoms with Gasteiger partial charge in [-0.2, -0.15) is 13.2 Å². The second-order valence-electron chi connectivity index (χ2n) is 6.37. The SMILES string of the molecule is C#CCN1CCC(C(=O)N[C@H]2CCC[C@H](C(F)(F)F)C2)CC1. The van der Waals surface area contributed by atoms with E-state index in [0.717, 1.165) is 25.9 Å². The standard InChI is InChI=1S/C16H23F3N2O/c1-2-8-21-9-6-12(7-10-21)15(22)20-14-5-3-4-13(11-14)16(17,18)19/h1,12-14H,3-11H2,(H,20,22)/t13-,14-/m0/s1. The number of carbonyl (C=O) groups is 1. The second-order valence-corrected chi connectivity index (χ2v) is 6.37. The number of carbonyl (C=O) groups excluding carboxylic acids is 1. The third-order valence-corrected chi connectivity index (χ3v) is 4.76. The summed E-state index contributed by atoms with van der Waals surface area (Å²) in [6, 6.07) is -0.336. The number of likely N-dealkylation sites (tertiary alicyclic amines) is 1. The van der Waals surface area contributed by atoms with Crippen LogP contribution in [0.25, 0.3) is 0 Å². The first kappa shape index (κ1) is 17.1. The summed E-state index contributed by atoms with van der Waals surface area (Å²) in [6.07, 6.45) is 3.93. The van der Waals surface area contributed by atoms with Gasteiger partial charge < -0.3 is 5.32 Å². The molecule has 2 rings (SSSR count). The first-order chi connectivity index (χ1) is 10.4. The molecule has 2 aliphatic rings. The molecule has 0 aromatic carbocycles. The molecule has 2 fully saturated rings. The maximum Gasteiger partial charge on any atom is 0.391 e. The minimum atomic E-state index is -4.15. The van der Waals surface area contributed by atoms with Gasteiger partial charge in [0.15, 0.2) is 0 Å². The average Bonchev–Trinajstić information content (AvgIpc) is 2.48. The van der Waals surface area contributed by atoms with Crippen LogP contribution < -0.4 is 5.32 Å². The molecule has 22 heavy (non-hydrogen) atoms. The van der Waals surface area contributed by atoms with E-state index in [2.05, 4.69) is 16.1 Å². The van der Waals surface area contributed by atoms with E-state index in [1.165, 1.54) is 0 Å². The highest BCUT2D eigenvalue weighted by Gasteiger charge is 2.42. The van der Waals surface area contributed by atoms with Crippen LogP contribution in [0.2, 0.25) is 0 Å². The second kappa shape index (κ2) is 7.36. The summed E-state index contributed by atoms with van der Waals surface area (Å²) in [6.45, 7) is 2.14. The van der Waals surface area contributed by atoms with Crippen LogP contribution in [0.15, 0.2) is 0 Å². The Kier molecular flexibility index (Phi) is 5.74. The number of alkyl halides is 3. The third-order valence-electron chi connectivity index (χ3n) is 4.76. The summed E-state index contributed by atoms with van der Waals surface area (Å²) in [7, 11) is 0. The van der Waals surface area contributed by atoms with E-state index < -0.39 is 12.1 Å². The molecule has 1 saturated carbocycles. The molecule has 1 saturated heterocycles. The third kappa shape index (κ3) is 4.64. The summed E-state index contributed by atoms with van der Waals surface area (Å²) in [5, 5.41) is 2.84. The van der Waals surface area contributed by atoms with Gasteiger partial charge in [-0.25, -0.2) is 0 Å². The molecule has 0 aromatic heterocycles. The lowest BCUT2D eigenvalue weighted by molar-refractivity contribution is -0.184. The highest BCUT2D eigenvalue weighted by atomic mass is 19.4. The van der Waals surface area contributed by atoms with Crippen LogP contribution in [-0.2, 0) is 4.79 Å². The van der Waals surface area contributed by atoms with Crippen LogP contribution in [0.3, 0.4) is 0 Å². The molecule has 1 heterocycles. The molecule has 0 bridgehead atoms. The van der Waals surface area contributed by atoms with E-state index in [1.54, 1.807) is 0 Å². The average molecular weight is 316 g/mol. The molecule has 0 radical (unpaired) electrons. The van der Waals surface area contributed by atoms with Gasteiger partial charge in [0, 0.05) is 12.0 Å². The largest absolute Gasteiger partial charge is 0.391 e. The molecule has 0 aromatic rings. The van der Waals surface area contributed by atoms with Crippen molar-refractivity contribution >= 4 is 5.91 Å². The van der Waals surface area contributed by atoms with E-state index in [9.17, 15) is 18.0 Å². The molecular weight excluding hydrogens is 293 g/mol. The van der Waals surface area contributed by atoms with E-state index in [-0.39, 0.29) is 30.7 Å². The number of nitrogens with zero attached hydrogens (tertiary/aromatic N) is 1. The summed E-state index contributed by atoms with van der Waals surface area (Å²) >= 11 is 0. The van der Waals surface area contributed by atoms with Crippen molar-refractivity contribution in [3.8, 4) is 12.3 Å². The molecule has 6 heteroatoms. The molecule has 124 valence electrons. The topological polar surface area (TPSA) is 32.3 Å². The van der Waals surface area contributed by atoms with E-state index in [4.69, 9.17) is 6.42 Å². The number of nitrogens with one attached hydrogen (secondary N) is 1. The predicted octanol–water partition coefficient (Wildman–Crippen LogP) is 2.57. The van der Waals surface area contributed by atoms with Crippen molar-refractivity contribution in [1.82, 2.24) is 10.2 Å². The summed E-state index contributed by atoms with van der Waals surface area (Å²) in [5.41, 5.74) is 0. The molecule has 0 spiro atoms. The van der Waals surface area contributed by atoms with Gasteiger partial charge in [-0.3, -0.25) is 9.69 Å². The maximum atomic E-state index is 12.8. The Hall–Kier alpha value is -1.22. The van der Waals surface area contributed by atoms with Crippen LogP contribution in [0.4, 0.5) is 13.2 Å². The minimum Gasteiger partial charge on any atom is -0.353 e. The predicted molar refractivity (Wildman–Crippen MR) is 77.9 cm³/mol. The van der Waals surface area contributed by atoms with Gasteiger partial charge in [-0.05, 0) is 45.2 Å². The van der Waals surface area contributed by atoms with Gasteiger partial charge in [0.2, 0.25) is 5.91 Å². The van der Waals surface area contributed by atoms with Crippen LogP contribution in [0.5, 0.6) is 0 Å². The normalized spacial score (nSPS) is 28.1. The van der Waals surface area contributed by atoms with E-state index in [0.29, 0.717) is 19.4 Å². The van der Waals surface area contributed by atoms with Gasteiger partial charge in [-0.15, -0.1) is 6.42 Å². The Labute approximate surface area is 129 Å². The first-order valence-electron chi connectivity index (χ1n) is 7.93. The fourth-order valence-electron chi connectivity index (χ4n) is 3.42. The number of halogens is 3. The summed E-state index contributed by atoms with van der Waals surface area (Å²) < 4.78 is 38.4. The smallest absolute Gasteiger partial charge is 0.353 e. The monoisotopic (exact) mass is 316 g/mol. The molecule has 3 nitrogen and oxygen atoms in total. The molecule has 1 aliphatic carbocycles. The van der Waals surface area contributed by atoms with Gasteiger partial charge >= 0.3 is 6.18 Å². The van der Waals surface area contributed by atoms with Crippen molar-refractivity contribution in [3.05, 3.63) is 0 Å². The van der Waals surface area contributed by atoms with Crippen molar-refractivity contribution in [2.45, 2.75) is 50.7 Å². The lowest BCUT2D eigenvalue weighted by Gasteiger charge is -2.34. The Morgan fingerprint density at radius 1 is 1.23 bits per heavy atom. The van der Waals surface area contributed by atoms with E-state index >= 15 is 0 Å². The lowest BCUT2D eigenvalue weighted by Crippen LogP contribution is -2.46. The molecule has 1 amide bonds. The Morgan fingerprint density at radius 2 is 1.91 bits per heavy atom.